The molecule has 5 rings (SSSR count). The fraction of sp³-hybridized carbons (Fsp3) is 0.385. The Labute approximate surface area is 208 Å². The van der Waals surface area contributed by atoms with E-state index in [1.54, 1.807) is 55.1 Å². The van der Waals surface area contributed by atoms with Crippen molar-refractivity contribution in [3.05, 3.63) is 60.2 Å². The van der Waals surface area contributed by atoms with Gasteiger partial charge in [-0.3, -0.25) is 29.4 Å². The molecule has 0 aromatic heterocycles. The Morgan fingerprint density at radius 2 is 1.77 bits per heavy atom. The zero-order valence-corrected chi connectivity index (χ0v) is 20.4. The van der Waals surface area contributed by atoms with E-state index in [9.17, 15) is 19.2 Å². The average molecular weight is 494 g/mol. The van der Waals surface area contributed by atoms with Crippen LogP contribution in [-0.4, -0.2) is 54.9 Å². The molecule has 3 aliphatic heterocycles. The maximum Gasteiger partial charge on any atom is 0.326 e. The number of rotatable bonds is 7. The van der Waals surface area contributed by atoms with Gasteiger partial charge in [0.05, 0.1) is 24.1 Å². The number of carbonyl (C=O) groups is 4. The van der Waals surface area contributed by atoms with E-state index in [4.69, 9.17) is 4.74 Å². The molecule has 35 heavy (non-hydrogen) atoms. The maximum atomic E-state index is 14.2. The Bertz CT molecular complexity index is 1190. The topological polar surface area (TPSA) is 96.0 Å². The van der Waals surface area contributed by atoms with Gasteiger partial charge in [0.15, 0.2) is 0 Å². The third kappa shape index (κ3) is 3.48. The summed E-state index contributed by atoms with van der Waals surface area (Å²) in [6, 6.07) is 15.6. The molecule has 4 atom stereocenters. The van der Waals surface area contributed by atoms with Gasteiger partial charge in [-0.2, -0.15) is 11.8 Å². The molecule has 3 aliphatic rings. The molecule has 2 fully saturated rings. The van der Waals surface area contributed by atoms with Gasteiger partial charge in [0, 0.05) is 17.3 Å². The summed E-state index contributed by atoms with van der Waals surface area (Å²) in [5.74, 6) is -2.45. The first-order chi connectivity index (χ1) is 17.0. The standard InChI is InChI=1S/C26H27N3O5S/c1-3-34-20(30)15-28-19-12-8-7-11-17(19)26(25(28)33)22-21(18(27-26)13-14-35-2)23(31)29(24(22)32)16-9-5-4-6-10-16/h4-12,18,21-22,27H,3,13-15H2,1-2H3/t18-,21-,22-,26+/m1/s1. The van der Waals surface area contributed by atoms with Crippen molar-refractivity contribution < 1.29 is 23.9 Å². The number of imide groups is 1. The molecule has 0 saturated carbocycles. The molecule has 1 N–H and O–H groups in total. The maximum absolute atomic E-state index is 14.2. The van der Waals surface area contributed by atoms with Crippen molar-refractivity contribution in [2.45, 2.75) is 24.9 Å². The normalized spacial score (nSPS) is 27.0. The number of benzene rings is 2. The van der Waals surface area contributed by atoms with Gasteiger partial charge in [0.25, 0.3) is 5.91 Å². The molecule has 2 aromatic carbocycles. The van der Waals surface area contributed by atoms with Crippen LogP contribution in [0.5, 0.6) is 0 Å². The average Bonchev–Trinajstić information content (AvgIpc) is 3.43. The summed E-state index contributed by atoms with van der Waals surface area (Å²) in [5, 5.41) is 3.45. The number of hydrogen-bond acceptors (Lipinski definition) is 7. The van der Waals surface area contributed by atoms with Gasteiger partial charge in [-0.15, -0.1) is 0 Å². The van der Waals surface area contributed by atoms with Gasteiger partial charge in [-0.25, -0.2) is 4.90 Å². The predicted molar refractivity (Wildman–Crippen MR) is 133 cm³/mol. The van der Waals surface area contributed by atoms with Crippen LogP contribution in [0.4, 0.5) is 11.4 Å². The number of fused-ring (bicyclic) bond motifs is 4. The van der Waals surface area contributed by atoms with Gasteiger partial charge in [-0.05, 0) is 43.6 Å². The number of anilines is 2. The molecule has 0 radical (unpaired) electrons. The zero-order valence-electron chi connectivity index (χ0n) is 19.6. The van der Waals surface area contributed by atoms with E-state index in [0.29, 0.717) is 23.4 Å². The molecule has 8 nitrogen and oxygen atoms in total. The highest BCUT2D eigenvalue weighted by atomic mass is 32.2. The molecule has 3 heterocycles. The molecule has 1 spiro atoms. The highest BCUT2D eigenvalue weighted by Crippen LogP contribution is 2.55. The number of nitrogens with zero attached hydrogens (tertiary/aromatic N) is 2. The fourth-order valence-corrected chi connectivity index (χ4v) is 6.25. The number of nitrogens with one attached hydrogen (secondary N) is 1. The number of thioether (sulfide) groups is 1. The Balaban J connectivity index is 1.63. The van der Waals surface area contributed by atoms with Crippen LogP contribution in [0.2, 0.25) is 0 Å². The number of hydrogen-bond donors (Lipinski definition) is 1. The summed E-state index contributed by atoms with van der Waals surface area (Å²) in [6.45, 7) is 1.65. The first kappa shape index (κ1) is 23.6. The summed E-state index contributed by atoms with van der Waals surface area (Å²) in [7, 11) is 0. The summed E-state index contributed by atoms with van der Waals surface area (Å²) in [5.41, 5.74) is 0.248. The molecule has 0 bridgehead atoms. The number of ether oxygens (including phenoxy) is 1. The lowest BCUT2D eigenvalue weighted by Gasteiger charge is -2.30. The zero-order chi connectivity index (χ0) is 24.7. The van der Waals surface area contributed by atoms with Crippen molar-refractivity contribution in [1.29, 1.82) is 0 Å². The van der Waals surface area contributed by atoms with Crippen molar-refractivity contribution >= 4 is 46.8 Å². The van der Waals surface area contributed by atoms with Gasteiger partial charge >= 0.3 is 5.97 Å². The smallest absolute Gasteiger partial charge is 0.326 e. The van der Waals surface area contributed by atoms with Gasteiger partial charge in [0.1, 0.15) is 12.1 Å². The monoisotopic (exact) mass is 493 g/mol. The lowest BCUT2D eigenvalue weighted by molar-refractivity contribution is -0.142. The van der Waals surface area contributed by atoms with Crippen LogP contribution >= 0.6 is 11.8 Å². The molecule has 2 saturated heterocycles. The van der Waals surface area contributed by atoms with E-state index in [1.165, 1.54) is 9.80 Å². The molecule has 0 unspecified atom stereocenters. The molecular formula is C26H27N3O5S. The van der Waals surface area contributed by atoms with Crippen LogP contribution in [0.3, 0.4) is 0 Å². The Morgan fingerprint density at radius 3 is 2.49 bits per heavy atom. The second kappa shape index (κ2) is 9.13. The summed E-state index contributed by atoms with van der Waals surface area (Å²) >= 11 is 1.65. The van der Waals surface area contributed by atoms with E-state index in [-0.39, 0.29) is 25.1 Å². The number of carbonyl (C=O) groups excluding carboxylic acids is 4. The molecule has 182 valence electrons. The van der Waals surface area contributed by atoms with Gasteiger partial charge < -0.3 is 4.74 Å². The predicted octanol–water partition coefficient (Wildman–Crippen LogP) is 2.32. The summed E-state index contributed by atoms with van der Waals surface area (Å²) in [4.78, 5) is 56.8. The largest absolute Gasteiger partial charge is 0.465 e. The quantitative estimate of drug-likeness (QED) is 0.467. The Hall–Kier alpha value is -3.17. The summed E-state index contributed by atoms with van der Waals surface area (Å²) < 4.78 is 5.11. The number of para-hydroxylation sites is 2. The van der Waals surface area contributed by atoms with E-state index < -0.39 is 35.2 Å². The van der Waals surface area contributed by atoms with Crippen molar-refractivity contribution in [3.8, 4) is 0 Å². The highest BCUT2D eigenvalue weighted by molar-refractivity contribution is 7.98. The van der Waals surface area contributed by atoms with Crippen molar-refractivity contribution in [2.24, 2.45) is 11.8 Å². The van der Waals surface area contributed by atoms with Crippen LogP contribution in [0, 0.1) is 11.8 Å². The van der Waals surface area contributed by atoms with Crippen LogP contribution in [0.1, 0.15) is 18.9 Å². The van der Waals surface area contributed by atoms with Crippen molar-refractivity contribution in [1.82, 2.24) is 5.32 Å². The van der Waals surface area contributed by atoms with Crippen LogP contribution in [0.15, 0.2) is 54.6 Å². The fourth-order valence-electron chi connectivity index (χ4n) is 5.76. The van der Waals surface area contributed by atoms with E-state index in [1.807, 2.05) is 24.5 Å². The minimum atomic E-state index is -1.42. The number of amides is 3. The summed E-state index contributed by atoms with van der Waals surface area (Å²) in [6.07, 6.45) is 2.61. The first-order valence-corrected chi connectivity index (χ1v) is 13.1. The minimum absolute atomic E-state index is 0.201. The van der Waals surface area contributed by atoms with E-state index in [0.717, 1.165) is 5.75 Å². The lowest BCUT2D eigenvalue weighted by atomic mass is 9.76. The molecule has 9 heteroatoms. The molecule has 3 amide bonds. The van der Waals surface area contributed by atoms with Gasteiger partial charge in [0.2, 0.25) is 11.8 Å². The Kier molecular flexibility index (Phi) is 6.14. The SMILES string of the molecule is CCOC(=O)CN1C(=O)[C@]2(N[C@H](CCSC)[C@H]3C(=O)N(c4ccccc4)C(=O)[C@@H]32)c2ccccc21. The van der Waals surface area contributed by atoms with Crippen LogP contribution < -0.4 is 15.1 Å². The molecule has 2 aromatic rings. The second-order valence-electron chi connectivity index (χ2n) is 8.90. The Morgan fingerprint density at radius 1 is 1.06 bits per heavy atom. The van der Waals surface area contributed by atoms with E-state index in [2.05, 4.69) is 5.32 Å². The third-order valence-corrected chi connectivity index (χ3v) is 7.75. The van der Waals surface area contributed by atoms with Crippen molar-refractivity contribution in [3.63, 3.8) is 0 Å². The minimum Gasteiger partial charge on any atom is -0.465 e. The molecule has 0 aliphatic carbocycles. The number of esters is 1. The van der Waals surface area contributed by atoms with Crippen LogP contribution in [0.25, 0.3) is 0 Å². The first-order valence-electron chi connectivity index (χ1n) is 11.7. The lowest BCUT2D eigenvalue weighted by Crippen LogP contribution is -2.55. The van der Waals surface area contributed by atoms with E-state index >= 15 is 0 Å². The van der Waals surface area contributed by atoms with Gasteiger partial charge in [-0.1, -0.05) is 36.4 Å². The highest BCUT2D eigenvalue weighted by Gasteiger charge is 2.71. The van der Waals surface area contributed by atoms with Crippen molar-refractivity contribution in [2.75, 3.05) is 35.0 Å². The second-order valence-corrected chi connectivity index (χ2v) is 9.89. The third-order valence-electron chi connectivity index (χ3n) is 7.11. The molecular weight excluding hydrogens is 466 g/mol. The van der Waals surface area contributed by atoms with Crippen LogP contribution in [-0.2, 0) is 29.5 Å².